The summed E-state index contributed by atoms with van der Waals surface area (Å²) >= 11 is 0. The first-order valence-electron chi connectivity index (χ1n) is 8.40. The van der Waals surface area contributed by atoms with E-state index in [0.29, 0.717) is 32.1 Å². The smallest absolute Gasteiger partial charge is 0.306 e. The molecule has 1 saturated carbocycles. The Morgan fingerprint density at radius 2 is 1.83 bits per heavy atom. The van der Waals surface area contributed by atoms with Crippen molar-refractivity contribution in [1.82, 2.24) is 5.32 Å². The second-order valence-electron chi connectivity index (χ2n) is 6.40. The first-order valence-corrected chi connectivity index (χ1v) is 8.40. The average Bonchev–Trinajstić information content (AvgIpc) is 2.54. The van der Waals surface area contributed by atoms with Crippen molar-refractivity contribution in [3.63, 3.8) is 0 Å². The number of rotatable bonds is 6. The van der Waals surface area contributed by atoms with E-state index in [9.17, 15) is 18.4 Å². The molecular formula is C18H23F2NO3. The zero-order chi connectivity index (χ0) is 17.7. The van der Waals surface area contributed by atoms with Crippen molar-refractivity contribution < 1.29 is 23.5 Å². The molecule has 132 valence electrons. The van der Waals surface area contributed by atoms with E-state index in [-0.39, 0.29) is 23.3 Å². The molecule has 0 bridgehead atoms. The van der Waals surface area contributed by atoms with E-state index in [1.165, 1.54) is 12.1 Å². The van der Waals surface area contributed by atoms with Crippen LogP contribution in [0.15, 0.2) is 18.2 Å². The second-order valence-corrected chi connectivity index (χ2v) is 6.40. The van der Waals surface area contributed by atoms with Crippen molar-refractivity contribution in [2.75, 3.05) is 0 Å². The number of hydrogen-bond acceptors (Lipinski definition) is 2. The number of benzene rings is 1. The predicted molar refractivity (Wildman–Crippen MR) is 85.2 cm³/mol. The van der Waals surface area contributed by atoms with Crippen LogP contribution < -0.4 is 5.32 Å². The van der Waals surface area contributed by atoms with Crippen LogP contribution in [0.3, 0.4) is 0 Å². The van der Waals surface area contributed by atoms with Crippen LogP contribution in [0, 0.1) is 23.5 Å². The quantitative estimate of drug-likeness (QED) is 0.828. The van der Waals surface area contributed by atoms with Gasteiger partial charge in [0.15, 0.2) is 0 Å². The number of carboxylic acids is 1. The van der Waals surface area contributed by atoms with Gasteiger partial charge in [-0.25, -0.2) is 8.78 Å². The SMILES string of the molecule is CCCC(NC(=O)C1CCC(C(=O)O)CC1)c1ccc(F)cc1F. The lowest BCUT2D eigenvalue weighted by atomic mass is 9.81. The Bertz CT molecular complexity index is 598. The molecule has 1 aromatic rings. The molecule has 0 aliphatic heterocycles. The van der Waals surface area contributed by atoms with Gasteiger partial charge < -0.3 is 10.4 Å². The third-order valence-electron chi connectivity index (χ3n) is 4.68. The molecule has 1 atom stereocenters. The minimum Gasteiger partial charge on any atom is -0.481 e. The predicted octanol–water partition coefficient (Wildman–Crippen LogP) is 3.81. The van der Waals surface area contributed by atoms with Crippen LogP contribution in [-0.4, -0.2) is 17.0 Å². The third kappa shape index (κ3) is 4.52. The molecule has 0 radical (unpaired) electrons. The minimum atomic E-state index is -0.814. The van der Waals surface area contributed by atoms with Crippen LogP contribution in [0.5, 0.6) is 0 Å². The minimum absolute atomic E-state index is 0.180. The van der Waals surface area contributed by atoms with E-state index in [1.54, 1.807) is 0 Å². The summed E-state index contributed by atoms with van der Waals surface area (Å²) in [6, 6.07) is 2.88. The van der Waals surface area contributed by atoms with Gasteiger partial charge in [-0.05, 0) is 38.2 Å². The average molecular weight is 339 g/mol. The first kappa shape index (κ1) is 18.4. The maximum absolute atomic E-state index is 14.0. The Morgan fingerprint density at radius 3 is 2.38 bits per heavy atom. The zero-order valence-corrected chi connectivity index (χ0v) is 13.7. The zero-order valence-electron chi connectivity index (χ0n) is 13.7. The Morgan fingerprint density at radius 1 is 1.21 bits per heavy atom. The number of carbonyl (C=O) groups excluding carboxylic acids is 1. The van der Waals surface area contributed by atoms with E-state index in [1.807, 2.05) is 6.92 Å². The lowest BCUT2D eigenvalue weighted by Crippen LogP contribution is -2.37. The van der Waals surface area contributed by atoms with Crippen LogP contribution in [0.4, 0.5) is 8.78 Å². The van der Waals surface area contributed by atoms with E-state index in [2.05, 4.69) is 5.32 Å². The summed E-state index contributed by atoms with van der Waals surface area (Å²) in [6.07, 6.45) is 3.31. The summed E-state index contributed by atoms with van der Waals surface area (Å²) in [7, 11) is 0. The van der Waals surface area contributed by atoms with Gasteiger partial charge in [0.2, 0.25) is 5.91 Å². The van der Waals surface area contributed by atoms with Gasteiger partial charge in [-0.2, -0.15) is 0 Å². The molecular weight excluding hydrogens is 316 g/mol. The van der Waals surface area contributed by atoms with Crippen LogP contribution >= 0.6 is 0 Å². The molecule has 1 aromatic carbocycles. The van der Waals surface area contributed by atoms with Crippen LogP contribution in [0.25, 0.3) is 0 Å². The summed E-state index contributed by atoms with van der Waals surface area (Å²) in [4.78, 5) is 23.4. The van der Waals surface area contributed by atoms with E-state index >= 15 is 0 Å². The highest BCUT2D eigenvalue weighted by molar-refractivity contribution is 5.79. The number of halogens is 2. The third-order valence-corrected chi connectivity index (χ3v) is 4.68. The van der Waals surface area contributed by atoms with Crippen molar-refractivity contribution in [1.29, 1.82) is 0 Å². The molecule has 1 amide bonds. The lowest BCUT2D eigenvalue weighted by Gasteiger charge is -2.27. The van der Waals surface area contributed by atoms with Crippen LogP contribution in [0.2, 0.25) is 0 Å². The second kappa shape index (κ2) is 8.22. The van der Waals surface area contributed by atoms with Gasteiger partial charge in [0.1, 0.15) is 11.6 Å². The maximum Gasteiger partial charge on any atom is 0.306 e. The van der Waals surface area contributed by atoms with Gasteiger partial charge >= 0.3 is 5.97 Å². The van der Waals surface area contributed by atoms with Crippen molar-refractivity contribution in [2.24, 2.45) is 11.8 Å². The molecule has 24 heavy (non-hydrogen) atoms. The number of carboxylic acid groups (broad SMARTS) is 1. The molecule has 1 fully saturated rings. The highest BCUT2D eigenvalue weighted by atomic mass is 19.1. The van der Waals surface area contributed by atoms with Gasteiger partial charge in [-0.1, -0.05) is 19.4 Å². The fourth-order valence-corrected chi connectivity index (χ4v) is 3.27. The van der Waals surface area contributed by atoms with E-state index in [4.69, 9.17) is 5.11 Å². The maximum atomic E-state index is 14.0. The number of nitrogens with one attached hydrogen (secondary N) is 1. The molecule has 0 aromatic heterocycles. The highest BCUT2D eigenvalue weighted by Gasteiger charge is 2.31. The summed E-state index contributed by atoms with van der Waals surface area (Å²) in [5.41, 5.74) is 0.283. The Balaban J connectivity index is 2.02. The number of aliphatic carboxylic acids is 1. The first-order chi connectivity index (χ1) is 11.4. The largest absolute Gasteiger partial charge is 0.481 e. The Kier molecular flexibility index (Phi) is 6.29. The standard InChI is InChI=1S/C18H23F2NO3/c1-2-3-16(14-9-8-13(19)10-15(14)20)21-17(22)11-4-6-12(7-5-11)18(23)24/h8-12,16H,2-7H2,1H3,(H,21,22)(H,23,24). The Labute approximate surface area is 140 Å². The molecule has 0 saturated heterocycles. The summed E-state index contributed by atoms with van der Waals surface area (Å²) in [5.74, 6) is -2.93. The fourth-order valence-electron chi connectivity index (χ4n) is 3.27. The Hall–Kier alpha value is -1.98. The van der Waals surface area contributed by atoms with Crippen LogP contribution in [-0.2, 0) is 9.59 Å². The summed E-state index contributed by atoms with van der Waals surface area (Å²) in [6.45, 7) is 1.93. The van der Waals surface area contributed by atoms with Gasteiger partial charge in [0, 0.05) is 17.5 Å². The summed E-state index contributed by atoms with van der Waals surface area (Å²) < 4.78 is 27.1. The topological polar surface area (TPSA) is 66.4 Å². The summed E-state index contributed by atoms with van der Waals surface area (Å²) in [5, 5.41) is 11.9. The molecule has 1 unspecified atom stereocenters. The number of amides is 1. The molecule has 2 rings (SSSR count). The molecule has 1 aliphatic rings. The molecule has 6 heteroatoms. The van der Waals surface area contributed by atoms with E-state index in [0.717, 1.165) is 12.5 Å². The number of hydrogen-bond donors (Lipinski definition) is 2. The fraction of sp³-hybridized carbons (Fsp3) is 0.556. The molecule has 0 heterocycles. The van der Waals surface area contributed by atoms with Crippen molar-refractivity contribution >= 4 is 11.9 Å². The van der Waals surface area contributed by atoms with Gasteiger partial charge in [0.05, 0.1) is 12.0 Å². The number of carbonyl (C=O) groups is 2. The molecule has 4 nitrogen and oxygen atoms in total. The van der Waals surface area contributed by atoms with E-state index < -0.39 is 23.6 Å². The van der Waals surface area contributed by atoms with Gasteiger partial charge in [0.25, 0.3) is 0 Å². The molecule has 1 aliphatic carbocycles. The lowest BCUT2D eigenvalue weighted by molar-refractivity contribution is -0.144. The van der Waals surface area contributed by atoms with Gasteiger partial charge in [-0.3, -0.25) is 9.59 Å². The van der Waals surface area contributed by atoms with Crippen molar-refractivity contribution in [3.05, 3.63) is 35.4 Å². The van der Waals surface area contributed by atoms with Crippen LogP contribution in [0.1, 0.15) is 57.1 Å². The molecule has 2 N–H and O–H groups in total. The van der Waals surface area contributed by atoms with Gasteiger partial charge in [-0.15, -0.1) is 0 Å². The monoisotopic (exact) mass is 339 g/mol. The normalized spacial score (nSPS) is 22.0. The molecule has 0 spiro atoms. The van der Waals surface area contributed by atoms with Crippen molar-refractivity contribution in [3.8, 4) is 0 Å². The highest BCUT2D eigenvalue weighted by Crippen LogP contribution is 2.30. The van der Waals surface area contributed by atoms with Crippen molar-refractivity contribution in [2.45, 2.75) is 51.5 Å².